The van der Waals surface area contributed by atoms with Crippen molar-refractivity contribution in [2.24, 2.45) is 0 Å². The van der Waals surface area contributed by atoms with Crippen LogP contribution in [0.4, 0.5) is 5.69 Å². The smallest absolute Gasteiger partial charge is 0.261 e. The van der Waals surface area contributed by atoms with E-state index in [1.807, 2.05) is 56.6 Å². The van der Waals surface area contributed by atoms with Gasteiger partial charge in [0.2, 0.25) is 0 Å². The van der Waals surface area contributed by atoms with Gasteiger partial charge in [0.05, 0.1) is 27.3 Å². The van der Waals surface area contributed by atoms with E-state index in [0.717, 1.165) is 32.6 Å². The predicted molar refractivity (Wildman–Crippen MR) is 112 cm³/mol. The van der Waals surface area contributed by atoms with Crippen LogP contribution in [-0.4, -0.2) is 18.2 Å². The zero-order chi connectivity index (χ0) is 19.8. The third-order valence-electron chi connectivity index (χ3n) is 4.59. The number of rotatable bonds is 5. The lowest BCUT2D eigenvalue weighted by Gasteiger charge is -2.11. The number of anilines is 1. The second-order valence-electron chi connectivity index (χ2n) is 6.69. The fourth-order valence-corrected chi connectivity index (χ4v) is 4.25. The molecule has 0 radical (unpaired) electrons. The van der Waals surface area contributed by atoms with Gasteiger partial charge in [-0.3, -0.25) is 9.40 Å². The summed E-state index contributed by atoms with van der Waals surface area (Å²) in [6, 6.07) is 12.5. The first-order valence-corrected chi connectivity index (χ1v) is 10.8. The monoisotopic (exact) mass is 447 g/mol. The van der Waals surface area contributed by atoms with E-state index in [4.69, 9.17) is 0 Å². The molecule has 0 saturated carbocycles. The van der Waals surface area contributed by atoms with Crippen LogP contribution in [0.25, 0.3) is 0 Å². The van der Waals surface area contributed by atoms with E-state index in [0.29, 0.717) is 12.2 Å². The number of aromatic nitrogens is 2. The number of hydrogen-bond donors (Lipinski definition) is 1. The molecule has 5 nitrogen and oxygen atoms in total. The number of nitrogens with zero attached hydrogens (tertiary/aromatic N) is 2. The molecule has 0 aliphatic heterocycles. The van der Waals surface area contributed by atoms with Crippen molar-refractivity contribution >= 4 is 31.6 Å². The van der Waals surface area contributed by atoms with Crippen LogP contribution in [-0.2, 0) is 16.6 Å². The van der Waals surface area contributed by atoms with Crippen molar-refractivity contribution < 1.29 is 8.42 Å². The molecule has 0 bridgehead atoms. The van der Waals surface area contributed by atoms with Gasteiger partial charge in [0.1, 0.15) is 0 Å². The van der Waals surface area contributed by atoms with Crippen LogP contribution in [0.2, 0.25) is 0 Å². The average Bonchev–Trinajstić information content (AvgIpc) is 2.84. The van der Waals surface area contributed by atoms with E-state index in [2.05, 4.69) is 25.8 Å². The van der Waals surface area contributed by atoms with Crippen molar-refractivity contribution in [3.8, 4) is 0 Å². The molecule has 1 heterocycles. The first kappa shape index (κ1) is 19.6. The molecule has 0 spiro atoms. The number of nitrogens with one attached hydrogen (secondary N) is 1. The summed E-state index contributed by atoms with van der Waals surface area (Å²) in [5, 5.41) is 4.51. The van der Waals surface area contributed by atoms with E-state index >= 15 is 0 Å². The number of halogens is 1. The lowest BCUT2D eigenvalue weighted by atomic mass is 10.1. The summed E-state index contributed by atoms with van der Waals surface area (Å²) in [7, 11) is -3.63. The maximum atomic E-state index is 12.7. The Balaban J connectivity index is 1.84. The fraction of sp³-hybridized carbons (Fsp3) is 0.250. The van der Waals surface area contributed by atoms with Crippen LogP contribution < -0.4 is 4.72 Å². The third-order valence-corrected chi connectivity index (χ3v) is 7.12. The highest BCUT2D eigenvalue weighted by Crippen LogP contribution is 2.23. The molecule has 0 fully saturated rings. The lowest BCUT2D eigenvalue weighted by Crippen LogP contribution is -2.13. The summed E-state index contributed by atoms with van der Waals surface area (Å²) in [5.41, 5.74) is 5.47. The van der Waals surface area contributed by atoms with Gasteiger partial charge in [0.25, 0.3) is 10.0 Å². The van der Waals surface area contributed by atoms with Gasteiger partial charge in [-0.15, -0.1) is 0 Å². The quantitative estimate of drug-likeness (QED) is 0.614. The molecular formula is C20H22BrN3O2S. The van der Waals surface area contributed by atoms with Gasteiger partial charge in [0, 0.05) is 5.69 Å². The Morgan fingerprint density at radius 3 is 2.41 bits per heavy atom. The lowest BCUT2D eigenvalue weighted by molar-refractivity contribution is 0.601. The SMILES string of the molecule is Cc1ccc(S(=O)(=O)Nc2cccc(Cn3nc(C)c(Br)c3C)c2)cc1C. The molecular weight excluding hydrogens is 426 g/mol. The van der Waals surface area contributed by atoms with Crippen LogP contribution in [0, 0.1) is 27.7 Å². The van der Waals surface area contributed by atoms with E-state index in [9.17, 15) is 8.42 Å². The second kappa shape index (κ2) is 7.48. The van der Waals surface area contributed by atoms with Gasteiger partial charge in [-0.1, -0.05) is 18.2 Å². The largest absolute Gasteiger partial charge is 0.280 e. The Morgan fingerprint density at radius 2 is 1.78 bits per heavy atom. The molecule has 1 N–H and O–H groups in total. The molecule has 2 aromatic carbocycles. The Morgan fingerprint density at radius 1 is 1.04 bits per heavy atom. The van der Waals surface area contributed by atoms with Crippen LogP contribution in [0.1, 0.15) is 28.1 Å². The molecule has 3 rings (SSSR count). The summed E-state index contributed by atoms with van der Waals surface area (Å²) in [6.45, 7) is 8.37. The van der Waals surface area contributed by atoms with Gasteiger partial charge in [-0.05, 0) is 84.6 Å². The maximum absolute atomic E-state index is 12.7. The zero-order valence-corrected chi connectivity index (χ0v) is 18.1. The van der Waals surface area contributed by atoms with E-state index < -0.39 is 10.0 Å². The van der Waals surface area contributed by atoms with Crippen molar-refractivity contribution in [1.82, 2.24) is 9.78 Å². The predicted octanol–water partition coefficient (Wildman–Crippen LogP) is 4.73. The minimum Gasteiger partial charge on any atom is -0.280 e. The molecule has 0 aliphatic carbocycles. The fourth-order valence-electron chi connectivity index (χ4n) is 2.83. The molecule has 0 amide bonds. The normalized spacial score (nSPS) is 11.6. The van der Waals surface area contributed by atoms with Gasteiger partial charge < -0.3 is 0 Å². The van der Waals surface area contributed by atoms with Crippen molar-refractivity contribution in [2.75, 3.05) is 4.72 Å². The minimum atomic E-state index is -3.63. The summed E-state index contributed by atoms with van der Waals surface area (Å²) in [6.07, 6.45) is 0. The van der Waals surface area contributed by atoms with Crippen molar-refractivity contribution in [1.29, 1.82) is 0 Å². The molecule has 27 heavy (non-hydrogen) atoms. The first-order chi connectivity index (χ1) is 12.7. The van der Waals surface area contributed by atoms with Gasteiger partial charge in [-0.2, -0.15) is 5.10 Å². The Kier molecular flexibility index (Phi) is 5.44. The van der Waals surface area contributed by atoms with Gasteiger partial charge in [0.15, 0.2) is 0 Å². The highest BCUT2D eigenvalue weighted by molar-refractivity contribution is 9.10. The average molecular weight is 448 g/mol. The van der Waals surface area contributed by atoms with Gasteiger partial charge in [-0.25, -0.2) is 8.42 Å². The van der Waals surface area contributed by atoms with E-state index in [1.165, 1.54) is 0 Å². The van der Waals surface area contributed by atoms with Crippen molar-refractivity contribution in [3.05, 3.63) is 75.0 Å². The standard InChI is InChI=1S/C20H22BrN3O2S/c1-13-8-9-19(10-14(13)2)27(25,26)23-18-7-5-6-17(11-18)12-24-16(4)20(21)15(3)22-24/h5-11,23H,12H2,1-4H3. The van der Waals surface area contributed by atoms with Crippen LogP contribution in [0.3, 0.4) is 0 Å². The Hall–Kier alpha value is -2.12. The Labute approximate surface area is 168 Å². The molecule has 1 aromatic heterocycles. The third kappa shape index (κ3) is 4.25. The van der Waals surface area contributed by atoms with Gasteiger partial charge >= 0.3 is 0 Å². The summed E-state index contributed by atoms with van der Waals surface area (Å²) in [5.74, 6) is 0. The topological polar surface area (TPSA) is 64.0 Å². The number of sulfonamides is 1. The van der Waals surface area contributed by atoms with E-state index in [-0.39, 0.29) is 4.90 Å². The van der Waals surface area contributed by atoms with Crippen molar-refractivity contribution in [2.45, 2.75) is 39.1 Å². The van der Waals surface area contributed by atoms with E-state index in [1.54, 1.807) is 18.2 Å². The summed E-state index contributed by atoms with van der Waals surface area (Å²) < 4.78 is 31.0. The highest BCUT2D eigenvalue weighted by Gasteiger charge is 2.15. The molecule has 0 aliphatic rings. The minimum absolute atomic E-state index is 0.262. The Bertz CT molecular complexity index is 1100. The molecule has 7 heteroatoms. The molecule has 0 saturated heterocycles. The number of benzene rings is 2. The molecule has 142 valence electrons. The molecule has 0 unspecified atom stereocenters. The summed E-state index contributed by atoms with van der Waals surface area (Å²) in [4.78, 5) is 0.262. The van der Waals surface area contributed by atoms with Crippen LogP contribution >= 0.6 is 15.9 Å². The molecule has 0 atom stereocenters. The zero-order valence-electron chi connectivity index (χ0n) is 15.7. The number of hydrogen-bond acceptors (Lipinski definition) is 3. The maximum Gasteiger partial charge on any atom is 0.261 e. The number of aryl methyl sites for hydroxylation is 3. The van der Waals surface area contributed by atoms with Crippen molar-refractivity contribution in [3.63, 3.8) is 0 Å². The van der Waals surface area contributed by atoms with Crippen LogP contribution in [0.15, 0.2) is 51.8 Å². The molecule has 3 aromatic rings. The summed E-state index contributed by atoms with van der Waals surface area (Å²) >= 11 is 3.53. The first-order valence-electron chi connectivity index (χ1n) is 8.56. The second-order valence-corrected chi connectivity index (χ2v) is 9.17. The van der Waals surface area contributed by atoms with Crippen LogP contribution in [0.5, 0.6) is 0 Å². The highest BCUT2D eigenvalue weighted by atomic mass is 79.9.